The summed E-state index contributed by atoms with van der Waals surface area (Å²) in [6.07, 6.45) is 0. The van der Waals surface area contributed by atoms with Gasteiger partial charge in [-0.15, -0.1) is 0 Å². The first-order valence-electron chi connectivity index (χ1n) is 6.43. The molecule has 0 saturated heterocycles. The fraction of sp³-hybridized carbons (Fsp3) is 0.200. The maximum atomic E-state index is 11.0. The van der Waals surface area contributed by atoms with Crippen LogP contribution >= 0.6 is 15.9 Å². The van der Waals surface area contributed by atoms with Crippen LogP contribution in [0.5, 0.6) is 5.75 Å². The first-order chi connectivity index (χ1) is 10.1. The van der Waals surface area contributed by atoms with Crippen LogP contribution in [0.1, 0.15) is 5.56 Å². The molecule has 0 aliphatic rings. The van der Waals surface area contributed by atoms with Crippen molar-refractivity contribution in [3.8, 4) is 5.75 Å². The lowest BCUT2D eigenvalue weighted by Crippen LogP contribution is -2.12. The van der Waals surface area contributed by atoms with Gasteiger partial charge in [0.2, 0.25) is 0 Å². The number of aryl methyl sites for hydroxylation is 1. The van der Waals surface area contributed by atoms with Gasteiger partial charge < -0.3 is 10.1 Å². The number of anilines is 1. The monoisotopic (exact) mass is 350 g/mol. The van der Waals surface area contributed by atoms with Gasteiger partial charge in [0.25, 0.3) is 5.69 Å². The van der Waals surface area contributed by atoms with Gasteiger partial charge in [-0.25, -0.2) is 0 Å². The number of nitrogens with one attached hydrogen (secondary N) is 1. The molecular formula is C15H15BrN2O3. The van der Waals surface area contributed by atoms with E-state index in [1.165, 1.54) is 6.07 Å². The van der Waals surface area contributed by atoms with Crippen molar-refractivity contribution < 1.29 is 9.66 Å². The fourth-order valence-electron chi connectivity index (χ4n) is 1.87. The van der Waals surface area contributed by atoms with Crippen LogP contribution in [0.15, 0.2) is 46.9 Å². The number of hydrogen-bond acceptors (Lipinski definition) is 4. The molecule has 21 heavy (non-hydrogen) atoms. The van der Waals surface area contributed by atoms with Crippen molar-refractivity contribution in [2.75, 3.05) is 18.5 Å². The van der Waals surface area contributed by atoms with Crippen molar-refractivity contribution in [3.05, 3.63) is 62.6 Å². The minimum absolute atomic E-state index is 0.0416. The van der Waals surface area contributed by atoms with Gasteiger partial charge in [-0.2, -0.15) is 0 Å². The predicted octanol–water partition coefficient (Wildman–Crippen LogP) is 4.16. The van der Waals surface area contributed by atoms with Gasteiger partial charge in [0.05, 0.1) is 4.92 Å². The Hall–Kier alpha value is -2.08. The summed E-state index contributed by atoms with van der Waals surface area (Å²) in [6, 6.07) is 12.7. The largest absolute Gasteiger partial charge is 0.492 e. The maximum absolute atomic E-state index is 11.0. The van der Waals surface area contributed by atoms with E-state index >= 15 is 0 Å². The van der Waals surface area contributed by atoms with E-state index in [9.17, 15) is 10.1 Å². The van der Waals surface area contributed by atoms with E-state index < -0.39 is 4.92 Å². The highest BCUT2D eigenvalue weighted by Crippen LogP contribution is 2.27. The summed E-state index contributed by atoms with van der Waals surface area (Å²) in [7, 11) is 0. The molecule has 0 saturated carbocycles. The molecule has 0 fully saturated rings. The summed E-state index contributed by atoms with van der Waals surface area (Å²) in [6.45, 7) is 2.91. The summed E-state index contributed by atoms with van der Waals surface area (Å²) < 4.78 is 6.27. The summed E-state index contributed by atoms with van der Waals surface area (Å²) in [4.78, 5) is 10.6. The van der Waals surface area contributed by atoms with E-state index in [0.717, 1.165) is 11.3 Å². The topological polar surface area (TPSA) is 64.4 Å². The van der Waals surface area contributed by atoms with Crippen LogP contribution in [0.2, 0.25) is 0 Å². The second-order valence-electron chi connectivity index (χ2n) is 4.51. The normalized spacial score (nSPS) is 10.2. The van der Waals surface area contributed by atoms with E-state index in [0.29, 0.717) is 23.3 Å². The Balaban J connectivity index is 1.90. The van der Waals surface area contributed by atoms with Crippen molar-refractivity contribution in [2.45, 2.75) is 6.92 Å². The Morgan fingerprint density at radius 3 is 2.81 bits per heavy atom. The fourth-order valence-corrected chi connectivity index (χ4v) is 2.21. The second-order valence-corrected chi connectivity index (χ2v) is 5.43. The molecule has 0 aliphatic heterocycles. The molecule has 1 N–H and O–H groups in total. The molecule has 0 heterocycles. The lowest BCUT2D eigenvalue weighted by molar-refractivity contribution is -0.384. The highest BCUT2D eigenvalue weighted by molar-refractivity contribution is 9.10. The minimum Gasteiger partial charge on any atom is -0.492 e. The summed E-state index contributed by atoms with van der Waals surface area (Å²) in [5, 5.41) is 14.0. The van der Waals surface area contributed by atoms with Crippen LogP contribution in [0.3, 0.4) is 0 Å². The average Bonchev–Trinajstić information content (AvgIpc) is 2.44. The molecule has 0 amide bonds. The molecule has 0 atom stereocenters. The summed E-state index contributed by atoms with van der Waals surface area (Å²) in [5.74, 6) is 0.794. The number of nitro groups is 1. The maximum Gasteiger partial charge on any atom is 0.293 e. The number of nitrogens with zero attached hydrogens (tertiary/aromatic N) is 1. The molecular weight excluding hydrogens is 336 g/mol. The van der Waals surface area contributed by atoms with E-state index in [2.05, 4.69) is 21.2 Å². The standard InChI is InChI=1S/C15H15BrN2O3/c1-11-3-2-4-13(9-11)21-8-7-17-14-6-5-12(16)10-15(14)18(19)20/h2-6,9-10,17H,7-8H2,1H3. The summed E-state index contributed by atoms with van der Waals surface area (Å²) in [5.41, 5.74) is 1.65. The van der Waals surface area contributed by atoms with Crippen molar-refractivity contribution in [2.24, 2.45) is 0 Å². The van der Waals surface area contributed by atoms with E-state index in [1.807, 2.05) is 31.2 Å². The van der Waals surface area contributed by atoms with Crippen LogP contribution in [-0.4, -0.2) is 18.1 Å². The number of nitro benzene ring substituents is 1. The Kier molecular flexibility index (Phi) is 5.16. The molecule has 0 spiro atoms. The number of benzene rings is 2. The Morgan fingerprint density at radius 1 is 1.29 bits per heavy atom. The van der Waals surface area contributed by atoms with Crippen LogP contribution in [0.4, 0.5) is 11.4 Å². The molecule has 0 aromatic heterocycles. The van der Waals surface area contributed by atoms with Crippen LogP contribution < -0.4 is 10.1 Å². The number of halogens is 1. The molecule has 0 bridgehead atoms. The van der Waals surface area contributed by atoms with E-state index in [-0.39, 0.29) is 5.69 Å². The number of ether oxygens (including phenoxy) is 1. The van der Waals surface area contributed by atoms with Crippen molar-refractivity contribution >= 4 is 27.3 Å². The lowest BCUT2D eigenvalue weighted by atomic mass is 10.2. The first kappa shape index (κ1) is 15.3. The third-order valence-electron chi connectivity index (χ3n) is 2.83. The molecule has 2 aromatic rings. The predicted molar refractivity (Wildman–Crippen MR) is 86.0 cm³/mol. The quantitative estimate of drug-likeness (QED) is 0.482. The van der Waals surface area contributed by atoms with Gasteiger partial charge in [0.15, 0.2) is 0 Å². The van der Waals surface area contributed by atoms with Gasteiger partial charge in [0, 0.05) is 17.1 Å². The molecule has 2 aromatic carbocycles. The highest BCUT2D eigenvalue weighted by atomic mass is 79.9. The van der Waals surface area contributed by atoms with Crippen LogP contribution in [0.25, 0.3) is 0 Å². The Bertz CT molecular complexity index is 647. The van der Waals surface area contributed by atoms with Crippen molar-refractivity contribution in [3.63, 3.8) is 0 Å². The Morgan fingerprint density at radius 2 is 2.10 bits per heavy atom. The third-order valence-corrected chi connectivity index (χ3v) is 3.33. The van der Waals surface area contributed by atoms with Gasteiger partial charge in [-0.1, -0.05) is 28.1 Å². The van der Waals surface area contributed by atoms with Crippen LogP contribution in [0, 0.1) is 17.0 Å². The Labute approximate surface area is 131 Å². The van der Waals surface area contributed by atoms with Gasteiger partial charge >= 0.3 is 0 Å². The lowest BCUT2D eigenvalue weighted by Gasteiger charge is -2.09. The van der Waals surface area contributed by atoms with E-state index in [1.54, 1.807) is 12.1 Å². The van der Waals surface area contributed by atoms with Crippen molar-refractivity contribution in [1.82, 2.24) is 0 Å². The average molecular weight is 351 g/mol. The molecule has 5 nitrogen and oxygen atoms in total. The van der Waals surface area contributed by atoms with E-state index in [4.69, 9.17) is 4.74 Å². The first-order valence-corrected chi connectivity index (χ1v) is 7.23. The zero-order valence-corrected chi connectivity index (χ0v) is 13.1. The molecule has 2 rings (SSSR count). The zero-order valence-electron chi connectivity index (χ0n) is 11.5. The third kappa shape index (κ3) is 4.46. The molecule has 0 unspecified atom stereocenters. The summed E-state index contributed by atoms with van der Waals surface area (Å²) >= 11 is 3.23. The van der Waals surface area contributed by atoms with Gasteiger partial charge in [0.1, 0.15) is 18.0 Å². The number of hydrogen-bond donors (Lipinski definition) is 1. The van der Waals surface area contributed by atoms with Crippen LogP contribution in [-0.2, 0) is 0 Å². The minimum atomic E-state index is -0.408. The molecule has 110 valence electrons. The molecule has 0 radical (unpaired) electrons. The zero-order chi connectivity index (χ0) is 15.2. The molecule has 6 heteroatoms. The highest BCUT2D eigenvalue weighted by Gasteiger charge is 2.13. The molecule has 0 aliphatic carbocycles. The second kappa shape index (κ2) is 7.08. The number of rotatable bonds is 6. The smallest absolute Gasteiger partial charge is 0.293 e. The van der Waals surface area contributed by atoms with Crippen molar-refractivity contribution in [1.29, 1.82) is 0 Å². The SMILES string of the molecule is Cc1cccc(OCCNc2ccc(Br)cc2[N+](=O)[O-])c1. The van der Waals surface area contributed by atoms with Gasteiger partial charge in [-0.3, -0.25) is 10.1 Å². The van der Waals surface area contributed by atoms with Gasteiger partial charge in [-0.05, 0) is 36.8 Å².